The van der Waals surface area contributed by atoms with Crippen molar-refractivity contribution >= 4 is 34.3 Å². The second kappa shape index (κ2) is 6.28. The third-order valence-corrected chi connectivity index (χ3v) is 5.39. The molecule has 1 amide bonds. The molecule has 3 aromatic heterocycles. The monoisotopic (exact) mass is 407 g/mol. The van der Waals surface area contributed by atoms with Crippen LogP contribution in [-0.2, 0) is 0 Å². The first-order valence-electron chi connectivity index (χ1n) is 8.90. The molecule has 0 bridgehead atoms. The lowest BCUT2D eigenvalue weighted by molar-refractivity contribution is 0.0969. The summed E-state index contributed by atoms with van der Waals surface area (Å²) in [7, 11) is 0. The molecule has 0 unspecified atom stereocenters. The predicted octanol–water partition coefficient (Wildman–Crippen LogP) is 4.20. The number of halogens is 1. The molecule has 7 nitrogen and oxygen atoms in total. The maximum Gasteiger partial charge on any atom is 0.296 e. The third-order valence-electron chi connectivity index (χ3n) is 4.98. The summed E-state index contributed by atoms with van der Waals surface area (Å²) in [6.45, 7) is 3.53. The summed E-state index contributed by atoms with van der Waals surface area (Å²) in [6, 6.07) is 9.37. The number of hydrogen-bond acceptors (Lipinski definition) is 6. The molecule has 0 radical (unpaired) electrons. The van der Waals surface area contributed by atoms with Gasteiger partial charge in [-0.1, -0.05) is 22.8 Å². The van der Waals surface area contributed by atoms with E-state index in [9.17, 15) is 9.59 Å². The fourth-order valence-electron chi connectivity index (χ4n) is 3.61. The van der Waals surface area contributed by atoms with Crippen LogP contribution in [0.2, 0.25) is 5.02 Å². The number of aryl methyl sites for hydroxylation is 2. The number of benzene rings is 1. The first kappa shape index (κ1) is 17.6. The van der Waals surface area contributed by atoms with E-state index in [1.165, 1.54) is 4.90 Å². The lowest BCUT2D eigenvalue weighted by atomic mass is 10.0. The van der Waals surface area contributed by atoms with Crippen molar-refractivity contribution in [2.45, 2.75) is 19.9 Å². The number of anilines is 1. The summed E-state index contributed by atoms with van der Waals surface area (Å²) in [6.07, 6.45) is 1.60. The minimum absolute atomic E-state index is 0.0273. The first-order chi connectivity index (χ1) is 14.0. The van der Waals surface area contributed by atoms with E-state index in [1.807, 2.05) is 0 Å². The minimum atomic E-state index is -0.788. The zero-order valence-corrected chi connectivity index (χ0v) is 16.2. The fourth-order valence-corrected chi connectivity index (χ4v) is 3.78. The highest BCUT2D eigenvalue weighted by atomic mass is 35.5. The van der Waals surface area contributed by atoms with Gasteiger partial charge in [-0.25, -0.2) is 0 Å². The van der Waals surface area contributed by atoms with Gasteiger partial charge in [0.05, 0.1) is 16.6 Å². The van der Waals surface area contributed by atoms with Crippen molar-refractivity contribution < 1.29 is 13.7 Å². The Bertz CT molecular complexity index is 1340. The van der Waals surface area contributed by atoms with Gasteiger partial charge in [0.15, 0.2) is 11.2 Å². The topological polar surface area (TPSA) is 89.4 Å². The van der Waals surface area contributed by atoms with Crippen LogP contribution < -0.4 is 10.3 Å². The molecule has 0 fully saturated rings. The quantitative estimate of drug-likeness (QED) is 0.494. The molecule has 8 heteroatoms. The molecular formula is C21H14ClN3O4. The summed E-state index contributed by atoms with van der Waals surface area (Å²) in [5.74, 6) is 0.318. The van der Waals surface area contributed by atoms with Gasteiger partial charge in [0.2, 0.25) is 5.76 Å². The molecule has 1 atom stereocenters. The molecule has 144 valence electrons. The van der Waals surface area contributed by atoms with Gasteiger partial charge >= 0.3 is 0 Å². The smallest absolute Gasteiger partial charge is 0.296 e. The Morgan fingerprint density at radius 1 is 1.14 bits per heavy atom. The van der Waals surface area contributed by atoms with Crippen LogP contribution in [0.25, 0.3) is 11.0 Å². The minimum Gasteiger partial charge on any atom is -0.450 e. The van der Waals surface area contributed by atoms with Crippen LogP contribution in [0.1, 0.15) is 39.2 Å². The molecule has 1 aliphatic rings. The van der Waals surface area contributed by atoms with Gasteiger partial charge in [-0.2, -0.15) is 0 Å². The molecular weight excluding hydrogens is 394 g/mol. The maximum absolute atomic E-state index is 13.4. The van der Waals surface area contributed by atoms with E-state index < -0.39 is 11.9 Å². The Balaban J connectivity index is 1.84. The molecule has 0 spiro atoms. The van der Waals surface area contributed by atoms with Crippen molar-refractivity contribution in [3.63, 3.8) is 0 Å². The molecule has 29 heavy (non-hydrogen) atoms. The standard InChI is InChI=1S/C21H14ClN3O4/c1-10-7-15-12(9-13(10)22)19(26)17-18(14-5-3-4-6-23-14)25(21(27)20(17)28-15)16-8-11(2)29-24-16/h3-9,18H,1-2H3/t18-/m0/s1. The third kappa shape index (κ3) is 2.58. The number of hydrogen-bond donors (Lipinski definition) is 0. The average molecular weight is 408 g/mol. The molecule has 0 saturated heterocycles. The molecule has 5 rings (SSSR count). The molecule has 0 N–H and O–H groups in total. The second-order valence-corrected chi connectivity index (χ2v) is 7.31. The Hall–Kier alpha value is -3.45. The Kier molecular flexibility index (Phi) is 3.82. The van der Waals surface area contributed by atoms with Crippen LogP contribution in [0.5, 0.6) is 0 Å². The van der Waals surface area contributed by atoms with Crippen molar-refractivity contribution in [3.8, 4) is 0 Å². The van der Waals surface area contributed by atoms with Crippen LogP contribution >= 0.6 is 11.6 Å². The SMILES string of the molecule is Cc1cc(N2C(=O)c3oc4cc(C)c(Cl)cc4c(=O)c3[C@@H]2c2ccccn2)no1. The summed E-state index contributed by atoms with van der Waals surface area (Å²) in [5, 5.41) is 4.73. The zero-order valence-electron chi connectivity index (χ0n) is 15.5. The molecule has 1 aliphatic heterocycles. The van der Waals surface area contributed by atoms with Crippen LogP contribution in [0.3, 0.4) is 0 Å². The number of carbonyl (C=O) groups excluding carboxylic acids is 1. The lowest BCUT2D eigenvalue weighted by Gasteiger charge is -2.21. The van der Waals surface area contributed by atoms with E-state index in [-0.39, 0.29) is 22.6 Å². The van der Waals surface area contributed by atoms with Crippen molar-refractivity contribution in [1.82, 2.24) is 10.1 Å². The van der Waals surface area contributed by atoms with Gasteiger partial charge in [-0.05, 0) is 43.7 Å². The highest BCUT2D eigenvalue weighted by Crippen LogP contribution is 2.40. The molecule has 4 heterocycles. The van der Waals surface area contributed by atoms with Crippen molar-refractivity contribution in [2.24, 2.45) is 0 Å². The fraction of sp³-hybridized carbons (Fsp3) is 0.143. The highest BCUT2D eigenvalue weighted by Gasteiger charge is 2.45. The van der Waals surface area contributed by atoms with Crippen LogP contribution in [0, 0.1) is 13.8 Å². The van der Waals surface area contributed by atoms with Gasteiger partial charge in [-0.3, -0.25) is 19.5 Å². The van der Waals surface area contributed by atoms with E-state index in [0.717, 1.165) is 5.56 Å². The van der Waals surface area contributed by atoms with Gasteiger partial charge in [0, 0.05) is 17.3 Å². The van der Waals surface area contributed by atoms with Crippen molar-refractivity contribution in [1.29, 1.82) is 0 Å². The Morgan fingerprint density at radius 2 is 1.97 bits per heavy atom. The average Bonchev–Trinajstić information content (AvgIpc) is 3.26. The van der Waals surface area contributed by atoms with Gasteiger partial charge in [0.25, 0.3) is 5.91 Å². The predicted molar refractivity (Wildman–Crippen MR) is 106 cm³/mol. The summed E-state index contributed by atoms with van der Waals surface area (Å²) >= 11 is 6.23. The number of carbonyl (C=O) groups is 1. The second-order valence-electron chi connectivity index (χ2n) is 6.90. The van der Waals surface area contributed by atoms with Crippen LogP contribution in [-0.4, -0.2) is 16.0 Å². The molecule has 0 saturated carbocycles. The van der Waals surface area contributed by atoms with E-state index in [1.54, 1.807) is 56.4 Å². The largest absolute Gasteiger partial charge is 0.450 e. The number of aromatic nitrogens is 2. The number of rotatable bonds is 2. The molecule has 1 aromatic carbocycles. The van der Waals surface area contributed by atoms with E-state index in [4.69, 9.17) is 20.5 Å². The Labute approximate surface area is 169 Å². The zero-order chi connectivity index (χ0) is 20.3. The van der Waals surface area contributed by atoms with Crippen LogP contribution in [0.15, 0.2) is 56.3 Å². The number of nitrogens with zero attached hydrogens (tertiary/aromatic N) is 3. The maximum atomic E-state index is 13.4. The number of fused-ring (bicyclic) bond motifs is 2. The van der Waals surface area contributed by atoms with Crippen molar-refractivity contribution in [2.75, 3.05) is 4.90 Å². The van der Waals surface area contributed by atoms with Gasteiger partial charge < -0.3 is 8.94 Å². The van der Waals surface area contributed by atoms with Crippen LogP contribution in [0.4, 0.5) is 5.82 Å². The van der Waals surface area contributed by atoms with Gasteiger partial charge in [0.1, 0.15) is 17.4 Å². The summed E-state index contributed by atoms with van der Waals surface area (Å²) in [5.41, 5.74) is 1.46. The normalized spacial score (nSPS) is 15.9. The Morgan fingerprint density at radius 3 is 2.66 bits per heavy atom. The summed E-state index contributed by atoms with van der Waals surface area (Å²) in [4.78, 5) is 32.5. The van der Waals surface area contributed by atoms with Crippen molar-refractivity contribution in [3.05, 3.63) is 86.2 Å². The highest BCUT2D eigenvalue weighted by molar-refractivity contribution is 6.32. The lowest BCUT2D eigenvalue weighted by Crippen LogP contribution is -2.30. The van der Waals surface area contributed by atoms with E-state index in [0.29, 0.717) is 27.4 Å². The van der Waals surface area contributed by atoms with E-state index in [2.05, 4.69) is 10.1 Å². The first-order valence-corrected chi connectivity index (χ1v) is 9.28. The summed E-state index contributed by atoms with van der Waals surface area (Å²) < 4.78 is 11.1. The van der Waals surface area contributed by atoms with E-state index >= 15 is 0 Å². The number of amides is 1. The molecule has 0 aliphatic carbocycles. The molecule has 4 aromatic rings. The number of pyridine rings is 1. The van der Waals surface area contributed by atoms with Gasteiger partial charge in [-0.15, -0.1) is 0 Å².